The van der Waals surface area contributed by atoms with Crippen molar-refractivity contribution in [3.05, 3.63) is 18.7 Å². The van der Waals surface area contributed by atoms with Gasteiger partial charge in [0.15, 0.2) is 0 Å². The molecular formula is C15H24N4O4S. The zero-order valence-electron chi connectivity index (χ0n) is 14.3. The second-order valence-electron chi connectivity index (χ2n) is 7.64. The van der Waals surface area contributed by atoms with Gasteiger partial charge in [0, 0.05) is 44.0 Å². The monoisotopic (exact) mass is 356 g/mol. The first-order valence-corrected chi connectivity index (χ1v) is 9.48. The number of ether oxygens (including phenoxy) is 1. The fourth-order valence-electron chi connectivity index (χ4n) is 3.24. The Morgan fingerprint density at radius 3 is 2.33 bits per heavy atom. The molecule has 134 valence electrons. The first kappa shape index (κ1) is 17.2. The van der Waals surface area contributed by atoms with Crippen molar-refractivity contribution in [2.75, 3.05) is 26.2 Å². The molecule has 1 spiro atoms. The average molecular weight is 356 g/mol. The molecule has 3 heterocycles. The van der Waals surface area contributed by atoms with Gasteiger partial charge in [0.1, 0.15) is 11.9 Å². The number of imidazole rings is 1. The molecule has 1 aromatic rings. The van der Waals surface area contributed by atoms with Crippen LogP contribution in [0.1, 0.15) is 33.6 Å². The summed E-state index contributed by atoms with van der Waals surface area (Å²) in [6, 6.07) is 0. The maximum atomic E-state index is 12.5. The molecule has 8 nitrogen and oxygen atoms in total. The standard InChI is InChI=1S/C15H24N4O4S/c1-14(2,3)23-13(20)17-10-15(11-17)4-7-18(8-5-15)24(21,22)19-9-6-16-12-19/h6,9,12H,4-5,7-8,10-11H2,1-3H3. The number of amides is 1. The molecule has 0 N–H and O–H groups in total. The number of hydrogen-bond donors (Lipinski definition) is 0. The summed E-state index contributed by atoms with van der Waals surface area (Å²) in [5.41, 5.74) is -0.472. The van der Waals surface area contributed by atoms with Gasteiger partial charge >= 0.3 is 16.3 Å². The third-order valence-electron chi connectivity index (χ3n) is 4.56. The van der Waals surface area contributed by atoms with Crippen LogP contribution in [0.15, 0.2) is 18.7 Å². The summed E-state index contributed by atoms with van der Waals surface area (Å²) in [5, 5.41) is 0. The van der Waals surface area contributed by atoms with Crippen molar-refractivity contribution in [1.29, 1.82) is 0 Å². The highest BCUT2D eigenvalue weighted by molar-refractivity contribution is 7.87. The minimum Gasteiger partial charge on any atom is -0.444 e. The van der Waals surface area contributed by atoms with Gasteiger partial charge < -0.3 is 9.64 Å². The zero-order valence-corrected chi connectivity index (χ0v) is 15.1. The van der Waals surface area contributed by atoms with Crippen LogP contribution in [0.25, 0.3) is 0 Å². The lowest BCUT2D eigenvalue weighted by Gasteiger charge is -2.53. The fraction of sp³-hybridized carbons (Fsp3) is 0.733. The molecule has 1 aromatic heterocycles. The van der Waals surface area contributed by atoms with Crippen molar-refractivity contribution in [3.8, 4) is 0 Å². The highest BCUT2D eigenvalue weighted by Crippen LogP contribution is 2.41. The Morgan fingerprint density at radius 1 is 1.21 bits per heavy atom. The second-order valence-corrected chi connectivity index (χ2v) is 9.47. The quantitative estimate of drug-likeness (QED) is 0.798. The van der Waals surface area contributed by atoms with Gasteiger partial charge in [-0.05, 0) is 33.6 Å². The number of hydrogen-bond acceptors (Lipinski definition) is 5. The number of aromatic nitrogens is 2. The van der Waals surface area contributed by atoms with Crippen LogP contribution in [0.3, 0.4) is 0 Å². The van der Waals surface area contributed by atoms with Gasteiger partial charge in [-0.25, -0.2) is 13.8 Å². The molecule has 9 heteroatoms. The van der Waals surface area contributed by atoms with E-state index in [0.29, 0.717) is 26.2 Å². The normalized spacial score (nSPS) is 21.5. The highest BCUT2D eigenvalue weighted by atomic mass is 32.2. The van der Waals surface area contributed by atoms with E-state index in [1.54, 1.807) is 4.90 Å². The van der Waals surface area contributed by atoms with Crippen LogP contribution in [0.2, 0.25) is 0 Å². The molecule has 0 aliphatic carbocycles. The van der Waals surface area contributed by atoms with Gasteiger partial charge in [0.2, 0.25) is 0 Å². The SMILES string of the molecule is CC(C)(C)OC(=O)N1CC2(CCN(S(=O)(=O)n3ccnc3)CC2)C1. The van der Waals surface area contributed by atoms with E-state index >= 15 is 0 Å². The van der Waals surface area contributed by atoms with Crippen LogP contribution >= 0.6 is 0 Å². The van der Waals surface area contributed by atoms with Crippen LogP contribution in [0.5, 0.6) is 0 Å². The van der Waals surface area contributed by atoms with Gasteiger partial charge in [0.25, 0.3) is 0 Å². The maximum absolute atomic E-state index is 12.5. The molecular weight excluding hydrogens is 332 g/mol. The van der Waals surface area contributed by atoms with Crippen molar-refractivity contribution in [1.82, 2.24) is 18.2 Å². The lowest BCUT2D eigenvalue weighted by molar-refractivity contribution is -0.0522. The van der Waals surface area contributed by atoms with E-state index in [9.17, 15) is 13.2 Å². The van der Waals surface area contributed by atoms with E-state index in [4.69, 9.17) is 4.74 Å². The number of rotatable bonds is 2. The molecule has 2 aliphatic rings. The molecule has 1 amide bonds. The van der Waals surface area contributed by atoms with E-state index < -0.39 is 15.8 Å². The molecule has 0 radical (unpaired) electrons. The molecule has 0 unspecified atom stereocenters. The lowest BCUT2D eigenvalue weighted by atomic mass is 9.72. The van der Waals surface area contributed by atoms with E-state index in [2.05, 4.69) is 4.98 Å². The Kier molecular flexibility index (Phi) is 4.11. The molecule has 24 heavy (non-hydrogen) atoms. The van der Waals surface area contributed by atoms with Crippen molar-refractivity contribution < 1.29 is 17.9 Å². The summed E-state index contributed by atoms with van der Waals surface area (Å²) in [5.74, 6) is 0. The summed E-state index contributed by atoms with van der Waals surface area (Å²) in [6.07, 6.45) is 5.40. The molecule has 3 rings (SSSR count). The van der Waals surface area contributed by atoms with Crippen LogP contribution < -0.4 is 0 Å². The Balaban J connectivity index is 1.55. The maximum Gasteiger partial charge on any atom is 0.410 e. The summed E-state index contributed by atoms with van der Waals surface area (Å²) in [7, 11) is -3.52. The molecule has 0 bridgehead atoms. The van der Waals surface area contributed by atoms with Crippen molar-refractivity contribution >= 4 is 16.3 Å². The van der Waals surface area contributed by atoms with E-state index in [1.165, 1.54) is 23.0 Å². The van der Waals surface area contributed by atoms with Gasteiger partial charge in [-0.15, -0.1) is 0 Å². The first-order chi connectivity index (χ1) is 11.1. The Hall–Kier alpha value is -1.61. The predicted octanol–water partition coefficient (Wildman–Crippen LogP) is 1.31. The van der Waals surface area contributed by atoms with E-state index in [1.807, 2.05) is 20.8 Å². The van der Waals surface area contributed by atoms with Gasteiger partial charge in [0.05, 0.1) is 0 Å². The van der Waals surface area contributed by atoms with Crippen molar-refractivity contribution in [2.24, 2.45) is 5.41 Å². The number of piperidine rings is 1. The molecule has 0 atom stereocenters. The zero-order chi connectivity index (χ0) is 17.6. The van der Waals surface area contributed by atoms with Crippen LogP contribution in [0, 0.1) is 5.41 Å². The Bertz CT molecular complexity index is 692. The second kappa shape index (κ2) is 5.73. The first-order valence-electron chi connectivity index (χ1n) is 8.08. The number of nitrogens with zero attached hydrogens (tertiary/aromatic N) is 4. The number of carbonyl (C=O) groups excluding carboxylic acids is 1. The summed E-state index contributed by atoms with van der Waals surface area (Å²) in [4.78, 5) is 17.5. The Labute approximate surface area is 142 Å². The minimum atomic E-state index is -3.52. The van der Waals surface area contributed by atoms with E-state index in [0.717, 1.165) is 16.8 Å². The van der Waals surface area contributed by atoms with Crippen LogP contribution in [0.4, 0.5) is 4.79 Å². The van der Waals surface area contributed by atoms with Crippen LogP contribution in [-0.2, 0) is 14.9 Å². The van der Waals surface area contributed by atoms with Crippen LogP contribution in [-0.4, -0.2) is 64.5 Å². The topological polar surface area (TPSA) is 84.7 Å². The van der Waals surface area contributed by atoms with Gasteiger partial charge in [-0.1, -0.05) is 0 Å². The molecule has 0 saturated carbocycles. The van der Waals surface area contributed by atoms with Crippen molar-refractivity contribution in [3.63, 3.8) is 0 Å². The third kappa shape index (κ3) is 3.27. The third-order valence-corrected chi connectivity index (χ3v) is 6.33. The molecule has 2 saturated heterocycles. The largest absolute Gasteiger partial charge is 0.444 e. The molecule has 2 aliphatic heterocycles. The predicted molar refractivity (Wildman–Crippen MR) is 87.6 cm³/mol. The minimum absolute atomic E-state index is 0.0257. The highest BCUT2D eigenvalue weighted by Gasteiger charge is 2.49. The number of likely N-dealkylation sites (tertiary alicyclic amines) is 1. The van der Waals surface area contributed by atoms with Crippen molar-refractivity contribution in [2.45, 2.75) is 39.2 Å². The van der Waals surface area contributed by atoms with Gasteiger partial charge in [-0.2, -0.15) is 12.7 Å². The average Bonchev–Trinajstić information content (AvgIpc) is 2.97. The van der Waals surface area contributed by atoms with E-state index in [-0.39, 0.29) is 11.5 Å². The fourth-order valence-corrected chi connectivity index (χ4v) is 4.54. The molecule has 0 aromatic carbocycles. The Morgan fingerprint density at radius 2 is 1.83 bits per heavy atom. The number of carbonyl (C=O) groups is 1. The lowest BCUT2D eigenvalue weighted by Crippen LogP contribution is -2.62. The molecule has 2 fully saturated rings. The summed E-state index contributed by atoms with van der Waals surface area (Å²) >= 11 is 0. The summed E-state index contributed by atoms with van der Waals surface area (Å²) < 4.78 is 32.9. The smallest absolute Gasteiger partial charge is 0.410 e. The summed E-state index contributed by atoms with van der Waals surface area (Å²) in [6.45, 7) is 7.74. The van der Waals surface area contributed by atoms with Gasteiger partial charge in [-0.3, -0.25) is 0 Å².